The van der Waals surface area contributed by atoms with Gasteiger partial charge in [0.2, 0.25) is 0 Å². The molecule has 2 rings (SSSR count). The molecule has 0 atom stereocenters. The summed E-state index contributed by atoms with van der Waals surface area (Å²) in [6, 6.07) is 6.24. The molecule has 0 unspecified atom stereocenters. The molecule has 1 fully saturated rings. The number of carbonyl (C=O) groups is 2. The van der Waals surface area contributed by atoms with Gasteiger partial charge in [0.15, 0.2) is 0 Å². The highest BCUT2D eigenvalue weighted by atomic mass is 16.7. The lowest BCUT2D eigenvalue weighted by Crippen LogP contribution is -2.46. The first kappa shape index (κ1) is 18.0. The second-order valence-electron chi connectivity index (χ2n) is 5.28. The average molecular weight is 336 g/mol. The molecule has 3 N–H and O–H groups in total. The van der Waals surface area contributed by atoms with Crippen molar-refractivity contribution in [1.82, 2.24) is 15.5 Å². The Morgan fingerprint density at radius 2 is 1.92 bits per heavy atom. The summed E-state index contributed by atoms with van der Waals surface area (Å²) in [4.78, 5) is 25.3. The maximum absolute atomic E-state index is 11.8. The molecule has 1 aromatic carbocycles. The summed E-state index contributed by atoms with van der Waals surface area (Å²) in [5.74, 6) is 0.359. The van der Waals surface area contributed by atoms with E-state index in [1.54, 1.807) is 31.2 Å². The highest BCUT2D eigenvalue weighted by Gasteiger charge is 2.09. The van der Waals surface area contributed by atoms with E-state index in [1.165, 1.54) is 0 Å². The molecule has 1 aromatic rings. The Balaban J connectivity index is 1.68. The van der Waals surface area contributed by atoms with Gasteiger partial charge in [0.1, 0.15) is 5.75 Å². The van der Waals surface area contributed by atoms with Crippen LogP contribution in [0.4, 0.5) is 15.3 Å². The predicted octanol–water partition coefficient (Wildman–Crippen LogP) is 1.25. The number of carbonyl (C=O) groups excluding carboxylic acids is 2. The van der Waals surface area contributed by atoms with Crippen LogP contribution in [0.5, 0.6) is 5.75 Å². The molecule has 0 radical (unpaired) electrons. The molecule has 8 heteroatoms. The smallest absolute Gasteiger partial charge is 0.434 e. The Kier molecular flexibility index (Phi) is 7.31. The monoisotopic (exact) mass is 336 g/mol. The Hall–Kier alpha value is -2.32. The van der Waals surface area contributed by atoms with Crippen molar-refractivity contribution in [3.05, 3.63) is 24.3 Å². The maximum Gasteiger partial charge on any atom is 0.513 e. The van der Waals surface area contributed by atoms with Crippen molar-refractivity contribution >= 4 is 17.9 Å². The number of amides is 2. The minimum Gasteiger partial charge on any atom is -0.434 e. The van der Waals surface area contributed by atoms with Crippen molar-refractivity contribution in [2.24, 2.45) is 0 Å². The van der Waals surface area contributed by atoms with Crippen LogP contribution in [0.15, 0.2) is 24.3 Å². The summed E-state index contributed by atoms with van der Waals surface area (Å²) in [6.07, 6.45) is -0.746. The van der Waals surface area contributed by atoms with Gasteiger partial charge in [0.25, 0.3) is 0 Å². The van der Waals surface area contributed by atoms with Crippen molar-refractivity contribution in [3.63, 3.8) is 0 Å². The van der Waals surface area contributed by atoms with Gasteiger partial charge in [-0.1, -0.05) is 0 Å². The summed E-state index contributed by atoms with van der Waals surface area (Å²) in [6.45, 7) is 7.38. The van der Waals surface area contributed by atoms with Gasteiger partial charge in [-0.3, -0.25) is 4.90 Å². The molecule has 1 heterocycles. The van der Waals surface area contributed by atoms with Crippen LogP contribution in [-0.2, 0) is 4.74 Å². The molecule has 0 aromatic heterocycles. The number of ether oxygens (including phenoxy) is 2. The number of piperazine rings is 1. The van der Waals surface area contributed by atoms with Crippen molar-refractivity contribution in [2.75, 3.05) is 51.2 Å². The summed E-state index contributed by atoms with van der Waals surface area (Å²) >= 11 is 0. The van der Waals surface area contributed by atoms with Crippen LogP contribution in [0.3, 0.4) is 0 Å². The van der Waals surface area contributed by atoms with E-state index >= 15 is 0 Å². The summed E-state index contributed by atoms with van der Waals surface area (Å²) in [7, 11) is 0. The lowest BCUT2D eigenvalue weighted by molar-refractivity contribution is 0.104. The minimum absolute atomic E-state index is 0.257. The van der Waals surface area contributed by atoms with Gasteiger partial charge >= 0.3 is 12.2 Å². The quantitative estimate of drug-likeness (QED) is 0.535. The Morgan fingerprint density at radius 3 is 2.58 bits per heavy atom. The third-order valence-electron chi connectivity index (χ3n) is 3.50. The first-order valence-corrected chi connectivity index (χ1v) is 8.10. The van der Waals surface area contributed by atoms with Gasteiger partial charge in [0.05, 0.1) is 6.61 Å². The standard InChI is InChI=1S/C16H24N4O4/c1-2-23-16(22)24-14-5-3-13(4-6-14)19-15(21)18-9-12-20-10-7-17-8-11-20/h3-6,17H,2,7-12H2,1H3,(H2,18,19,21). The van der Waals surface area contributed by atoms with Gasteiger partial charge < -0.3 is 25.4 Å². The fourth-order valence-corrected chi connectivity index (χ4v) is 2.29. The van der Waals surface area contributed by atoms with Gasteiger partial charge in [-0.15, -0.1) is 0 Å². The van der Waals surface area contributed by atoms with Crippen molar-refractivity contribution in [1.29, 1.82) is 0 Å². The molecular weight excluding hydrogens is 312 g/mol. The first-order chi connectivity index (χ1) is 11.7. The third-order valence-corrected chi connectivity index (χ3v) is 3.50. The zero-order valence-corrected chi connectivity index (χ0v) is 13.8. The van der Waals surface area contributed by atoms with Crippen molar-refractivity contribution < 1.29 is 19.1 Å². The Morgan fingerprint density at radius 1 is 1.21 bits per heavy atom. The topological polar surface area (TPSA) is 91.9 Å². The molecule has 2 amide bonds. The second-order valence-corrected chi connectivity index (χ2v) is 5.28. The van der Waals surface area contributed by atoms with Gasteiger partial charge in [0, 0.05) is 45.0 Å². The Labute approximate surface area is 141 Å². The minimum atomic E-state index is -0.746. The normalized spacial score (nSPS) is 14.7. The lowest BCUT2D eigenvalue weighted by atomic mass is 10.3. The number of benzene rings is 1. The number of rotatable bonds is 6. The summed E-state index contributed by atoms with van der Waals surface area (Å²) in [5.41, 5.74) is 0.617. The van der Waals surface area contributed by atoms with E-state index in [-0.39, 0.29) is 12.6 Å². The SMILES string of the molecule is CCOC(=O)Oc1ccc(NC(=O)NCCN2CCNCC2)cc1. The first-order valence-electron chi connectivity index (χ1n) is 8.10. The molecule has 0 spiro atoms. The van der Waals surface area contributed by atoms with E-state index in [4.69, 9.17) is 4.74 Å². The highest BCUT2D eigenvalue weighted by Crippen LogP contribution is 2.16. The molecule has 0 saturated carbocycles. The molecule has 8 nitrogen and oxygen atoms in total. The highest BCUT2D eigenvalue weighted by molar-refractivity contribution is 5.89. The van der Waals surface area contributed by atoms with Crippen LogP contribution in [0.25, 0.3) is 0 Å². The van der Waals surface area contributed by atoms with Crippen molar-refractivity contribution in [3.8, 4) is 5.75 Å². The number of nitrogens with one attached hydrogen (secondary N) is 3. The zero-order chi connectivity index (χ0) is 17.2. The third kappa shape index (κ3) is 6.43. The van der Waals surface area contributed by atoms with E-state index in [0.29, 0.717) is 18.0 Å². The molecular formula is C16H24N4O4. The fraction of sp³-hybridized carbons (Fsp3) is 0.500. The molecule has 1 aliphatic rings. The largest absolute Gasteiger partial charge is 0.513 e. The summed E-state index contributed by atoms with van der Waals surface area (Å²) in [5, 5.41) is 8.85. The van der Waals surface area contributed by atoms with E-state index in [1.807, 2.05) is 0 Å². The predicted molar refractivity (Wildman–Crippen MR) is 90.4 cm³/mol. The van der Waals surface area contributed by atoms with Crippen LogP contribution in [0, 0.1) is 0 Å². The van der Waals surface area contributed by atoms with Crippen LogP contribution >= 0.6 is 0 Å². The number of hydrogen-bond donors (Lipinski definition) is 3. The van der Waals surface area contributed by atoms with Crippen molar-refractivity contribution in [2.45, 2.75) is 6.92 Å². The van der Waals surface area contributed by atoms with Crippen LogP contribution < -0.4 is 20.7 Å². The lowest BCUT2D eigenvalue weighted by Gasteiger charge is -2.27. The number of nitrogens with zero attached hydrogens (tertiary/aromatic N) is 1. The van der Waals surface area contributed by atoms with E-state index in [0.717, 1.165) is 32.7 Å². The van der Waals surface area contributed by atoms with Crippen LogP contribution in [-0.4, -0.2) is 63.0 Å². The van der Waals surface area contributed by atoms with E-state index < -0.39 is 6.16 Å². The maximum atomic E-state index is 11.8. The summed E-state index contributed by atoms with van der Waals surface area (Å²) < 4.78 is 9.63. The second kappa shape index (κ2) is 9.74. The number of hydrogen-bond acceptors (Lipinski definition) is 6. The van der Waals surface area contributed by atoms with Gasteiger partial charge in [-0.05, 0) is 31.2 Å². The fourth-order valence-electron chi connectivity index (χ4n) is 2.29. The van der Waals surface area contributed by atoms with E-state index in [2.05, 4.69) is 25.6 Å². The molecule has 0 bridgehead atoms. The van der Waals surface area contributed by atoms with Crippen LogP contribution in [0.1, 0.15) is 6.92 Å². The van der Waals surface area contributed by atoms with Crippen LogP contribution in [0.2, 0.25) is 0 Å². The average Bonchev–Trinajstić information content (AvgIpc) is 2.58. The molecule has 24 heavy (non-hydrogen) atoms. The zero-order valence-electron chi connectivity index (χ0n) is 13.8. The number of anilines is 1. The molecule has 0 aliphatic carbocycles. The van der Waals surface area contributed by atoms with Gasteiger partial charge in [-0.25, -0.2) is 9.59 Å². The molecule has 1 aliphatic heterocycles. The molecule has 132 valence electrons. The number of urea groups is 1. The van der Waals surface area contributed by atoms with E-state index in [9.17, 15) is 9.59 Å². The Bertz CT molecular complexity index is 529. The van der Waals surface area contributed by atoms with Gasteiger partial charge in [-0.2, -0.15) is 0 Å². The molecule has 1 saturated heterocycles.